The van der Waals surface area contributed by atoms with Crippen LogP contribution in [0.15, 0.2) is 30.3 Å². The van der Waals surface area contributed by atoms with E-state index in [0.717, 1.165) is 5.56 Å². The minimum atomic E-state index is -0.593. The molecule has 0 spiro atoms. The van der Waals surface area contributed by atoms with Crippen molar-refractivity contribution >= 4 is 29.0 Å². The first-order valence-corrected chi connectivity index (χ1v) is 7.30. The van der Waals surface area contributed by atoms with E-state index >= 15 is 0 Å². The molecule has 5 nitrogen and oxygen atoms in total. The van der Waals surface area contributed by atoms with Gasteiger partial charge in [-0.05, 0) is 5.56 Å². The molecule has 2 rings (SSSR count). The van der Waals surface area contributed by atoms with Crippen LogP contribution in [-0.4, -0.2) is 52.8 Å². The predicted molar refractivity (Wildman–Crippen MR) is 84.8 cm³/mol. The molecule has 2 amide bonds. The van der Waals surface area contributed by atoms with Crippen molar-refractivity contribution in [2.24, 2.45) is 5.73 Å². The molecule has 2 N–H and O–H groups in total. The molecule has 6 heteroatoms. The summed E-state index contributed by atoms with van der Waals surface area (Å²) in [5.41, 5.74) is 6.58. The predicted octanol–water partition coefficient (Wildman–Crippen LogP) is 0.747. The third kappa shape index (κ3) is 3.58. The molecule has 0 radical (unpaired) electrons. The maximum absolute atomic E-state index is 12.7. The van der Waals surface area contributed by atoms with Gasteiger partial charge < -0.3 is 15.5 Å². The van der Waals surface area contributed by atoms with Gasteiger partial charge in [0, 0.05) is 33.1 Å². The fourth-order valence-electron chi connectivity index (χ4n) is 2.50. The number of nitrogens with two attached hydrogens (primary N) is 1. The summed E-state index contributed by atoms with van der Waals surface area (Å²) in [5, 5.41) is 0. The lowest BCUT2D eigenvalue weighted by Gasteiger charge is -2.36. The van der Waals surface area contributed by atoms with Gasteiger partial charge in [-0.25, -0.2) is 0 Å². The molecule has 1 aromatic carbocycles. The lowest BCUT2D eigenvalue weighted by molar-refractivity contribution is -0.138. The number of rotatable bonds is 3. The summed E-state index contributed by atoms with van der Waals surface area (Å²) in [5.74, 6) is -0.641. The summed E-state index contributed by atoms with van der Waals surface area (Å²) in [7, 11) is 0. The van der Waals surface area contributed by atoms with Crippen LogP contribution in [0.4, 0.5) is 0 Å². The van der Waals surface area contributed by atoms with Gasteiger partial charge in [-0.15, -0.1) is 0 Å². The first-order chi connectivity index (χ1) is 10.0. The third-order valence-corrected chi connectivity index (χ3v) is 3.94. The van der Waals surface area contributed by atoms with Crippen molar-refractivity contribution in [2.45, 2.75) is 12.8 Å². The Morgan fingerprint density at radius 1 is 1.10 bits per heavy atom. The van der Waals surface area contributed by atoms with E-state index in [1.54, 1.807) is 16.7 Å². The van der Waals surface area contributed by atoms with E-state index in [0.29, 0.717) is 26.2 Å². The summed E-state index contributed by atoms with van der Waals surface area (Å²) < 4.78 is 0. The van der Waals surface area contributed by atoms with Crippen molar-refractivity contribution in [3.05, 3.63) is 35.9 Å². The van der Waals surface area contributed by atoms with Gasteiger partial charge >= 0.3 is 0 Å². The van der Waals surface area contributed by atoms with Gasteiger partial charge in [0.2, 0.25) is 11.8 Å². The molecular formula is C15H19N3O2S. The normalized spacial score (nSPS) is 16.4. The SMILES string of the molecule is CC(=O)N1CCN(C(=O)C(C(N)=S)c2ccccc2)CC1. The van der Waals surface area contributed by atoms with Crippen molar-refractivity contribution in [1.82, 2.24) is 9.80 Å². The topological polar surface area (TPSA) is 66.6 Å². The highest BCUT2D eigenvalue weighted by atomic mass is 32.1. The molecule has 1 atom stereocenters. The Morgan fingerprint density at radius 2 is 1.62 bits per heavy atom. The third-order valence-electron chi connectivity index (χ3n) is 3.70. The van der Waals surface area contributed by atoms with Crippen molar-refractivity contribution in [3.63, 3.8) is 0 Å². The van der Waals surface area contributed by atoms with E-state index in [1.807, 2.05) is 30.3 Å². The second-order valence-corrected chi connectivity index (χ2v) is 5.55. The van der Waals surface area contributed by atoms with Crippen LogP contribution in [0, 0.1) is 0 Å². The van der Waals surface area contributed by atoms with Crippen molar-refractivity contribution < 1.29 is 9.59 Å². The highest BCUT2D eigenvalue weighted by molar-refractivity contribution is 7.80. The Labute approximate surface area is 129 Å². The van der Waals surface area contributed by atoms with Crippen molar-refractivity contribution in [1.29, 1.82) is 0 Å². The number of hydrogen-bond acceptors (Lipinski definition) is 3. The largest absolute Gasteiger partial charge is 0.392 e. The van der Waals surface area contributed by atoms with E-state index < -0.39 is 5.92 Å². The van der Waals surface area contributed by atoms with Gasteiger partial charge in [-0.1, -0.05) is 42.5 Å². The first kappa shape index (κ1) is 15.4. The second-order valence-electron chi connectivity index (χ2n) is 5.08. The van der Waals surface area contributed by atoms with Crippen molar-refractivity contribution in [2.75, 3.05) is 26.2 Å². The van der Waals surface area contributed by atoms with Crippen LogP contribution in [0.25, 0.3) is 0 Å². The summed E-state index contributed by atoms with van der Waals surface area (Å²) in [6.07, 6.45) is 0. The second kappa shape index (κ2) is 6.67. The zero-order valence-corrected chi connectivity index (χ0v) is 12.8. The van der Waals surface area contributed by atoms with Crippen LogP contribution in [0.1, 0.15) is 18.4 Å². The van der Waals surface area contributed by atoms with Crippen LogP contribution in [0.5, 0.6) is 0 Å². The molecule has 1 fully saturated rings. The first-order valence-electron chi connectivity index (χ1n) is 6.89. The lowest BCUT2D eigenvalue weighted by Crippen LogP contribution is -2.52. The van der Waals surface area contributed by atoms with Gasteiger partial charge in [0.1, 0.15) is 5.92 Å². The van der Waals surface area contributed by atoms with Gasteiger partial charge in [0.25, 0.3) is 0 Å². The van der Waals surface area contributed by atoms with Gasteiger partial charge in [-0.3, -0.25) is 9.59 Å². The van der Waals surface area contributed by atoms with E-state index in [2.05, 4.69) is 0 Å². The van der Waals surface area contributed by atoms with E-state index in [-0.39, 0.29) is 16.8 Å². The van der Waals surface area contributed by atoms with Crippen LogP contribution in [0.3, 0.4) is 0 Å². The molecule has 1 saturated heterocycles. The molecular weight excluding hydrogens is 286 g/mol. The Kier molecular flexibility index (Phi) is 4.90. The quantitative estimate of drug-likeness (QED) is 0.837. The van der Waals surface area contributed by atoms with Crippen LogP contribution in [0.2, 0.25) is 0 Å². The average Bonchev–Trinajstić information content (AvgIpc) is 2.48. The van der Waals surface area contributed by atoms with Crippen LogP contribution >= 0.6 is 12.2 Å². The van der Waals surface area contributed by atoms with Crippen LogP contribution in [-0.2, 0) is 9.59 Å². The standard InChI is InChI=1S/C15H19N3O2S/c1-11(19)17-7-9-18(10-8-17)15(20)13(14(16)21)12-5-3-2-4-6-12/h2-6,13H,7-10H2,1H3,(H2,16,21). The number of amides is 2. The molecule has 1 unspecified atom stereocenters. The zero-order valence-electron chi connectivity index (χ0n) is 12.0. The fourth-order valence-corrected chi connectivity index (χ4v) is 2.74. The summed E-state index contributed by atoms with van der Waals surface area (Å²) >= 11 is 5.08. The Hall–Kier alpha value is -1.95. The molecule has 0 bridgehead atoms. The molecule has 1 aromatic rings. The Morgan fingerprint density at radius 3 is 2.10 bits per heavy atom. The Bertz CT molecular complexity index is 539. The molecule has 1 aliphatic heterocycles. The molecule has 21 heavy (non-hydrogen) atoms. The van der Waals surface area contributed by atoms with E-state index in [9.17, 15) is 9.59 Å². The van der Waals surface area contributed by atoms with Crippen molar-refractivity contribution in [3.8, 4) is 0 Å². The molecule has 112 valence electrons. The lowest BCUT2D eigenvalue weighted by atomic mass is 9.97. The van der Waals surface area contributed by atoms with Gasteiger partial charge in [0.15, 0.2) is 0 Å². The number of carbonyl (C=O) groups excluding carboxylic acids is 2. The molecule has 1 heterocycles. The molecule has 0 aliphatic carbocycles. The van der Waals surface area contributed by atoms with Gasteiger partial charge in [0.05, 0.1) is 4.99 Å². The number of carbonyl (C=O) groups is 2. The monoisotopic (exact) mass is 305 g/mol. The summed E-state index contributed by atoms with van der Waals surface area (Å²) in [6, 6.07) is 9.32. The smallest absolute Gasteiger partial charge is 0.237 e. The number of piperazine rings is 1. The fraction of sp³-hybridized carbons (Fsp3) is 0.400. The minimum absolute atomic E-state index is 0.0380. The molecule has 0 aromatic heterocycles. The average molecular weight is 305 g/mol. The summed E-state index contributed by atoms with van der Waals surface area (Å²) in [6.45, 7) is 3.69. The number of hydrogen-bond donors (Lipinski definition) is 1. The maximum Gasteiger partial charge on any atom is 0.237 e. The maximum atomic E-state index is 12.7. The molecule has 0 saturated carbocycles. The highest BCUT2D eigenvalue weighted by Crippen LogP contribution is 2.20. The van der Waals surface area contributed by atoms with E-state index in [1.165, 1.54) is 0 Å². The number of benzene rings is 1. The summed E-state index contributed by atoms with van der Waals surface area (Å²) in [4.78, 5) is 27.6. The molecule has 1 aliphatic rings. The van der Waals surface area contributed by atoms with Crippen LogP contribution < -0.4 is 5.73 Å². The minimum Gasteiger partial charge on any atom is -0.392 e. The highest BCUT2D eigenvalue weighted by Gasteiger charge is 2.30. The zero-order chi connectivity index (χ0) is 15.4. The number of thiocarbonyl (C=S) groups is 1. The number of nitrogens with zero attached hydrogens (tertiary/aromatic N) is 2. The van der Waals surface area contributed by atoms with Gasteiger partial charge in [-0.2, -0.15) is 0 Å². The van der Waals surface area contributed by atoms with E-state index in [4.69, 9.17) is 18.0 Å². The Balaban J connectivity index is 2.10.